The van der Waals surface area contributed by atoms with Crippen LogP contribution in [0.3, 0.4) is 0 Å². The van der Waals surface area contributed by atoms with Crippen LogP contribution in [0.4, 0.5) is 0 Å². The topological polar surface area (TPSA) is 4.93 Å². The number of nitrogens with zero attached hydrogens (tertiary/aromatic N) is 1. The Bertz CT molecular complexity index is 220. The van der Waals surface area contributed by atoms with Crippen LogP contribution in [0, 0.1) is 13.8 Å². The normalized spacial score (nSPS) is 9.75. The van der Waals surface area contributed by atoms with Crippen LogP contribution in [0.15, 0.2) is 24.3 Å². The maximum Gasteiger partial charge on any atom is 0.0143 e. The van der Waals surface area contributed by atoms with Gasteiger partial charge in [-0.2, -0.15) is 0 Å². The van der Waals surface area contributed by atoms with E-state index in [1.54, 1.807) is 0 Å². The molecule has 1 aromatic heterocycles. The van der Waals surface area contributed by atoms with Gasteiger partial charge >= 0.3 is 0 Å². The van der Waals surface area contributed by atoms with Gasteiger partial charge in [-0.15, -0.1) is 0 Å². The summed E-state index contributed by atoms with van der Waals surface area (Å²) in [7, 11) is 2.07. The zero-order valence-electron chi connectivity index (χ0n) is 8.76. The van der Waals surface area contributed by atoms with Crippen LogP contribution in [0.2, 0.25) is 0 Å². The Balaban J connectivity index is 0.000000261. The predicted molar refractivity (Wildman–Crippen MR) is 55.4 cm³/mol. The van der Waals surface area contributed by atoms with E-state index in [1.807, 2.05) is 26.0 Å². The maximum absolute atomic E-state index is 2.17. The molecule has 0 radical (unpaired) electrons. The van der Waals surface area contributed by atoms with Crippen LogP contribution in [0.25, 0.3) is 0 Å². The van der Waals surface area contributed by atoms with Crippen molar-refractivity contribution in [1.82, 2.24) is 4.57 Å². The van der Waals surface area contributed by atoms with Gasteiger partial charge < -0.3 is 4.57 Å². The highest BCUT2D eigenvalue weighted by Gasteiger charge is 1.90. The summed E-state index contributed by atoms with van der Waals surface area (Å²) < 4.78 is 2.17. The molecule has 0 atom stereocenters. The lowest BCUT2D eigenvalue weighted by atomic mass is 10.5. The first-order valence-electron chi connectivity index (χ1n) is 4.29. The first kappa shape index (κ1) is 11.0. The van der Waals surface area contributed by atoms with Crippen molar-refractivity contribution in [3.05, 3.63) is 35.7 Å². The number of hydrogen-bond acceptors (Lipinski definition) is 0. The molecule has 0 unspecified atom stereocenters. The highest BCUT2D eigenvalue weighted by Crippen LogP contribution is 2.02. The summed E-state index contributed by atoms with van der Waals surface area (Å²) in [5.74, 6) is 0. The Morgan fingerprint density at radius 3 is 1.42 bits per heavy atom. The molecule has 1 rings (SSSR count). The van der Waals surface area contributed by atoms with Crippen molar-refractivity contribution >= 4 is 0 Å². The molecule has 12 heavy (non-hydrogen) atoms. The maximum atomic E-state index is 2.17. The molecule has 0 saturated carbocycles. The molecule has 0 N–H and O–H groups in total. The third-order valence-electron chi connectivity index (χ3n) is 1.96. The summed E-state index contributed by atoms with van der Waals surface area (Å²) in [6.45, 7) is 8.21. The molecule has 68 valence electrons. The molecule has 0 aliphatic rings. The van der Waals surface area contributed by atoms with Crippen molar-refractivity contribution < 1.29 is 0 Å². The van der Waals surface area contributed by atoms with Crippen molar-refractivity contribution in [3.8, 4) is 0 Å². The number of aryl methyl sites for hydroxylation is 2. The Morgan fingerprint density at radius 1 is 1.00 bits per heavy atom. The van der Waals surface area contributed by atoms with Crippen LogP contribution in [0.1, 0.15) is 25.2 Å². The zero-order valence-corrected chi connectivity index (χ0v) is 8.76. The van der Waals surface area contributed by atoms with Gasteiger partial charge in [0.1, 0.15) is 0 Å². The number of hydrogen-bond donors (Lipinski definition) is 0. The molecule has 0 saturated heterocycles. The van der Waals surface area contributed by atoms with Gasteiger partial charge in [0.15, 0.2) is 0 Å². The first-order valence-corrected chi connectivity index (χ1v) is 4.29. The Morgan fingerprint density at radius 2 is 1.33 bits per heavy atom. The van der Waals surface area contributed by atoms with Crippen LogP contribution in [-0.2, 0) is 7.05 Å². The molecule has 0 bridgehead atoms. The average molecular weight is 165 g/mol. The molecular formula is C11H19N. The van der Waals surface area contributed by atoms with Crippen molar-refractivity contribution in [2.24, 2.45) is 7.05 Å². The minimum Gasteiger partial charge on any atom is -0.352 e. The molecule has 0 spiro atoms. The van der Waals surface area contributed by atoms with Crippen molar-refractivity contribution in [1.29, 1.82) is 0 Å². The Labute approximate surface area is 75.7 Å². The van der Waals surface area contributed by atoms with Crippen LogP contribution in [0.5, 0.6) is 0 Å². The van der Waals surface area contributed by atoms with Crippen LogP contribution < -0.4 is 0 Å². The second-order valence-corrected chi connectivity index (χ2v) is 2.84. The molecule has 1 heterocycles. The lowest BCUT2D eigenvalue weighted by Gasteiger charge is -1.96. The van der Waals surface area contributed by atoms with Gasteiger partial charge in [-0.3, -0.25) is 0 Å². The summed E-state index contributed by atoms with van der Waals surface area (Å²) in [4.78, 5) is 0. The average Bonchev–Trinajstić information content (AvgIpc) is 2.37. The highest BCUT2D eigenvalue weighted by molar-refractivity contribution is 5.12. The van der Waals surface area contributed by atoms with Gasteiger partial charge in [0.25, 0.3) is 0 Å². The van der Waals surface area contributed by atoms with E-state index in [9.17, 15) is 0 Å². The monoisotopic (exact) mass is 165 g/mol. The molecule has 0 fully saturated rings. The fourth-order valence-corrected chi connectivity index (χ4v) is 0.743. The lowest BCUT2D eigenvalue weighted by molar-refractivity contribution is 0.844. The van der Waals surface area contributed by atoms with Crippen molar-refractivity contribution in [3.63, 3.8) is 0 Å². The van der Waals surface area contributed by atoms with Gasteiger partial charge in [-0.05, 0) is 39.8 Å². The highest BCUT2D eigenvalue weighted by atomic mass is 14.9. The van der Waals surface area contributed by atoms with E-state index in [2.05, 4.69) is 37.6 Å². The van der Waals surface area contributed by atoms with Crippen LogP contribution in [-0.4, -0.2) is 4.57 Å². The molecule has 0 aromatic carbocycles. The summed E-state index contributed by atoms with van der Waals surface area (Å²) in [6.07, 6.45) is 4.00. The van der Waals surface area contributed by atoms with E-state index >= 15 is 0 Å². The Hall–Kier alpha value is -0.980. The second kappa shape index (κ2) is 5.64. The van der Waals surface area contributed by atoms with E-state index in [0.717, 1.165) is 0 Å². The third-order valence-corrected chi connectivity index (χ3v) is 1.96. The molecule has 0 amide bonds. The van der Waals surface area contributed by atoms with Gasteiger partial charge in [-0.25, -0.2) is 0 Å². The third kappa shape index (κ3) is 3.42. The molecule has 0 aliphatic carbocycles. The Kier molecular flexibility index (Phi) is 5.18. The fourth-order valence-electron chi connectivity index (χ4n) is 0.743. The number of aromatic nitrogens is 1. The quantitative estimate of drug-likeness (QED) is 0.520. The second-order valence-electron chi connectivity index (χ2n) is 2.84. The van der Waals surface area contributed by atoms with Gasteiger partial charge in [0.2, 0.25) is 0 Å². The smallest absolute Gasteiger partial charge is 0.0143 e. The minimum absolute atomic E-state index is 1.32. The standard InChI is InChI=1S/C7H11N.C4H8/c1-6-4-5-7(2)8(6)3;1-3-4-2/h4-5H,1-3H3;3-4H,1-2H3/b;4-3-. The fraction of sp³-hybridized carbons (Fsp3) is 0.455. The number of allylic oxidation sites excluding steroid dienone is 2. The zero-order chi connectivity index (χ0) is 9.56. The lowest BCUT2D eigenvalue weighted by Crippen LogP contribution is -1.91. The van der Waals surface area contributed by atoms with Gasteiger partial charge in [-0.1, -0.05) is 12.2 Å². The number of rotatable bonds is 0. The van der Waals surface area contributed by atoms with Gasteiger partial charge in [0, 0.05) is 18.4 Å². The van der Waals surface area contributed by atoms with Gasteiger partial charge in [0.05, 0.1) is 0 Å². The molecule has 0 aliphatic heterocycles. The predicted octanol–water partition coefficient (Wildman–Crippen LogP) is 3.22. The van der Waals surface area contributed by atoms with Crippen molar-refractivity contribution in [2.45, 2.75) is 27.7 Å². The van der Waals surface area contributed by atoms with E-state index in [1.165, 1.54) is 11.4 Å². The molecular weight excluding hydrogens is 146 g/mol. The summed E-state index contributed by atoms with van der Waals surface area (Å²) in [5, 5.41) is 0. The largest absolute Gasteiger partial charge is 0.352 e. The summed E-state index contributed by atoms with van der Waals surface area (Å²) in [5.41, 5.74) is 2.64. The van der Waals surface area contributed by atoms with Crippen molar-refractivity contribution in [2.75, 3.05) is 0 Å². The van der Waals surface area contributed by atoms with E-state index in [4.69, 9.17) is 0 Å². The summed E-state index contributed by atoms with van der Waals surface area (Å²) in [6, 6.07) is 4.24. The van der Waals surface area contributed by atoms with Crippen LogP contribution >= 0.6 is 0 Å². The molecule has 1 nitrogen and oxygen atoms in total. The van der Waals surface area contributed by atoms with E-state index in [-0.39, 0.29) is 0 Å². The SMILES string of the molecule is C/C=C\C.Cc1ccc(C)n1C. The first-order chi connectivity index (χ1) is 5.63. The molecule has 1 heteroatoms. The summed E-state index contributed by atoms with van der Waals surface area (Å²) >= 11 is 0. The molecule has 1 aromatic rings. The van der Waals surface area contributed by atoms with E-state index < -0.39 is 0 Å². The minimum atomic E-state index is 1.32. The van der Waals surface area contributed by atoms with E-state index in [0.29, 0.717) is 0 Å².